The Morgan fingerprint density at radius 3 is 2.60 bits per heavy atom. The third-order valence-corrected chi connectivity index (χ3v) is 6.28. The molecule has 5 atom stereocenters. The Morgan fingerprint density at radius 2 is 1.95 bits per heavy atom. The fraction of sp³-hybridized carbons (Fsp3) is 0.800. The van der Waals surface area contributed by atoms with Crippen LogP contribution in [0.2, 0.25) is 0 Å². The van der Waals surface area contributed by atoms with Gasteiger partial charge in [-0.25, -0.2) is 4.79 Å². The maximum absolute atomic E-state index is 11.9. The molecule has 0 amide bonds. The molecule has 1 spiro atoms. The van der Waals surface area contributed by atoms with E-state index in [4.69, 9.17) is 9.47 Å². The summed E-state index contributed by atoms with van der Waals surface area (Å²) >= 11 is 0. The molecule has 5 nitrogen and oxygen atoms in total. The first kappa shape index (κ1) is 12.8. The van der Waals surface area contributed by atoms with E-state index in [2.05, 4.69) is 6.58 Å². The van der Waals surface area contributed by atoms with E-state index >= 15 is 0 Å². The Hall–Kier alpha value is -0.910. The van der Waals surface area contributed by atoms with Crippen molar-refractivity contribution in [3.05, 3.63) is 12.2 Å². The molecule has 0 radical (unpaired) electrons. The molecule has 0 aromatic carbocycles. The fourth-order valence-electron chi connectivity index (χ4n) is 4.81. The first-order valence-corrected chi connectivity index (χ1v) is 7.28. The van der Waals surface area contributed by atoms with Crippen LogP contribution in [0.5, 0.6) is 0 Å². The van der Waals surface area contributed by atoms with E-state index in [1.165, 1.54) is 0 Å². The van der Waals surface area contributed by atoms with Gasteiger partial charge in [0.05, 0.1) is 12.2 Å². The summed E-state index contributed by atoms with van der Waals surface area (Å²) in [5, 5.41) is 22.4. The summed E-state index contributed by atoms with van der Waals surface area (Å²) in [5.41, 5.74) is -3.78. The van der Waals surface area contributed by atoms with Gasteiger partial charge in [0.25, 0.3) is 0 Å². The van der Waals surface area contributed by atoms with Gasteiger partial charge >= 0.3 is 5.97 Å². The van der Waals surface area contributed by atoms with Gasteiger partial charge in [0, 0.05) is 5.41 Å². The molecule has 2 aliphatic heterocycles. The molecule has 2 heterocycles. The monoisotopic (exact) mass is 280 g/mol. The smallest absolute Gasteiger partial charge is 0.336 e. The zero-order valence-corrected chi connectivity index (χ0v) is 11.6. The summed E-state index contributed by atoms with van der Waals surface area (Å²) in [6.07, 6.45) is 2.66. The van der Waals surface area contributed by atoms with Gasteiger partial charge < -0.3 is 19.7 Å². The molecule has 0 aromatic rings. The van der Waals surface area contributed by atoms with Gasteiger partial charge in [-0.2, -0.15) is 0 Å². The second-order valence-electron chi connectivity index (χ2n) is 7.15. The largest absolute Gasteiger partial charge is 0.452 e. The minimum Gasteiger partial charge on any atom is -0.452 e. The van der Waals surface area contributed by atoms with Crippen LogP contribution in [0.3, 0.4) is 0 Å². The molecule has 2 saturated heterocycles. The minimum atomic E-state index is -1.46. The van der Waals surface area contributed by atoms with Crippen LogP contribution in [0.15, 0.2) is 12.2 Å². The molecule has 0 bridgehead atoms. The molecule has 4 fully saturated rings. The number of carbonyl (C=O) groups is 1. The van der Waals surface area contributed by atoms with E-state index < -0.39 is 34.3 Å². The number of rotatable bonds is 0. The van der Waals surface area contributed by atoms with Crippen molar-refractivity contribution in [1.29, 1.82) is 0 Å². The highest BCUT2D eigenvalue weighted by Gasteiger charge is 2.80. The number of epoxide rings is 1. The lowest BCUT2D eigenvalue weighted by Crippen LogP contribution is -2.73. The highest BCUT2D eigenvalue weighted by Crippen LogP contribution is 2.66. The number of ether oxygens (including phenoxy) is 2. The third-order valence-electron chi connectivity index (χ3n) is 6.28. The van der Waals surface area contributed by atoms with Gasteiger partial charge in [-0.05, 0) is 32.1 Å². The van der Waals surface area contributed by atoms with Crippen LogP contribution >= 0.6 is 0 Å². The van der Waals surface area contributed by atoms with Gasteiger partial charge in [-0.15, -0.1) is 0 Å². The Kier molecular flexibility index (Phi) is 2.10. The summed E-state index contributed by atoms with van der Waals surface area (Å²) in [4.78, 5) is 11.9. The Morgan fingerprint density at radius 1 is 1.25 bits per heavy atom. The maximum Gasteiger partial charge on any atom is 0.336 e. The minimum absolute atomic E-state index is 0.0688. The predicted molar refractivity (Wildman–Crippen MR) is 68.8 cm³/mol. The average Bonchev–Trinajstić information content (AvgIpc) is 3.14. The fourth-order valence-corrected chi connectivity index (χ4v) is 4.81. The van der Waals surface area contributed by atoms with Crippen molar-refractivity contribution < 1.29 is 24.5 Å². The molecule has 4 rings (SSSR count). The second-order valence-corrected chi connectivity index (χ2v) is 7.15. The number of fused-ring (bicyclic) bond motifs is 4. The van der Waals surface area contributed by atoms with Crippen molar-refractivity contribution in [3.63, 3.8) is 0 Å². The van der Waals surface area contributed by atoms with Crippen LogP contribution in [0, 0.1) is 5.41 Å². The molecule has 0 aromatic heterocycles. The lowest BCUT2D eigenvalue weighted by Gasteiger charge is -2.59. The van der Waals surface area contributed by atoms with Crippen LogP contribution in [0.4, 0.5) is 0 Å². The molecule has 20 heavy (non-hydrogen) atoms. The topological polar surface area (TPSA) is 79.3 Å². The van der Waals surface area contributed by atoms with Gasteiger partial charge in [0.2, 0.25) is 0 Å². The second kappa shape index (κ2) is 3.29. The number of esters is 1. The average molecular weight is 280 g/mol. The lowest BCUT2D eigenvalue weighted by atomic mass is 9.49. The number of carbonyl (C=O) groups excluding carboxylic acids is 1. The predicted octanol–water partition coefficient (Wildman–Crippen LogP) is 0.683. The van der Waals surface area contributed by atoms with Crippen molar-refractivity contribution in [2.45, 2.75) is 61.9 Å². The van der Waals surface area contributed by atoms with Gasteiger partial charge in [-0.3, -0.25) is 0 Å². The third kappa shape index (κ3) is 1.11. The van der Waals surface area contributed by atoms with E-state index in [0.717, 1.165) is 19.3 Å². The normalized spacial score (nSPS) is 57.2. The van der Waals surface area contributed by atoms with E-state index in [1.54, 1.807) is 0 Å². The standard InChI is InChI=1S/C15H20O5/c1-9-10(16)20-11-14(9,17)7-6-12(2)4-3-5-13(8-19-13)15(11,12)18/h11,17-18H,1,3-8H2,2H3/t11-,12-,13?,14-,15+/m1/s1. The van der Waals surface area contributed by atoms with Crippen molar-refractivity contribution in [2.24, 2.45) is 5.41 Å². The molecule has 2 aliphatic carbocycles. The summed E-state index contributed by atoms with van der Waals surface area (Å²) in [6.45, 7) is 6.16. The van der Waals surface area contributed by atoms with Crippen LogP contribution in [0.1, 0.15) is 39.0 Å². The number of hydrogen-bond donors (Lipinski definition) is 2. The Balaban J connectivity index is 1.88. The first-order valence-electron chi connectivity index (χ1n) is 7.28. The Labute approximate surface area is 117 Å². The molecule has 5 heteroatoms. The zero-order valence-electron chi connectivity index (χ0n) is 11.6. The zero-order chi connectivity index (χ0) is 14.4. The molecule has 1 unspecified atom stereocenters. The van der Waals surface area contributed by atoms with Crippen molar-refractivity contribution >= 4 is 5.97 Å². The first-order chi connectivity index (χ1) is 9.29. The van der Waals surface area contributed by atoms with Crippen LogP contribution in [-0.2, 0) is 14.3 Å². The number of hydrogen-bond acceptors (Lipinski definition) is 5. The van der Waals surface area contributed by atoms with Crippen molar-refractivity contribution in [2.75, 3.05) is 6.61 Å². The quantitative estimate of drug-likeness (QED) is 0.387. The van der Waals surface area contributed by atoms with Crippen LogP contribution < -0.4 is 0 Å². The molecule has 4 aliphatic rings. The summed E-state index contributed by atoms with van der Waals surface area (Å²) in [6, 6.07) is 0. The molecular weight excluding hydrogens is 260 g/mol. The number of aliphatic hydroxyl groups is 2. The van der Waals surface area contributed by atoms with E-state index in [9.17, 15) is 15.0 Å². The molecular formula is C15H20O5. The van der Waals surface area contributed by atoms with Crippen LogP contribution in [0.25, 0.3) is 0 Å². The highest BCUT2D eigenvalue weighted by atomic mass is 16.6. The van der Waals surface area contributed by atoms with E-state index in [1.807, 2.05) is 6.92 Å². The van der Waals surface area contributed by atoms with Crippen LogP contribution in [-0.4, -0.2) is 45.7 Å². The maximum atomic E-state index is 11.9. The van der Waals surface area contributed by atoms with E-state index in [0.29, 0.717) is 19.4 Å². The molecule has 110 valence electrons. The highest BCUT2D eigenvalue weighted by molar-refractivity contribution is 5.93. The Bertz CT molecular complexity index is 524. The van der Waals surface area contributed by atoms with Gasteiger partial charge in [0.1, 0.15) is 16.8 Å². The SMILES string of the molecule is C=C1C(=O)O[C@@H]2[C@@]1(O)CC[C@@]1(C)CCCC3(CO3)[C@]21O. The van der Waals surface area contributed by atoms with Crippen molar-refractivity contribution in [1.82, 2.24) is 0 Å². The molecule has 2 N–H and O–H groups in total. The van der Waals surface area contributed by atoms with Crippen molar-refractivity contribution in [3.8, 4) is 0 Å². The van der Waals surface area contributed by atoms with E-state index in [-0.39, 0.29) is 5.57 Å². The lowest BCUT2D eigenvalue weighted by molar-refractivity contribution is -0.268. The summed E-state index contributed by atoms with van der Waals surface area (Å²) < 4.78 is 11.0. The van der Waals surface area contributed by atoms with Gasteiger partial charge in [-0.1, -0.05) is 13.5 Å². The summed E-state index contributed by atoms with van der Waals surface area (Å²) in [7, 11) is 0. The summed E-state index contributed by atoms with van der Waals surface area (Å²) in [5.74, 6) is -0.600. The molecule has 2 saturated carbocycles. The van der Waals surface area contributed by atoms with Gasteiger partial charge in [0.15, 0.2) is 6.10 Å².